The monoisotopic (exact) mass is 249 g/mol. The molecule has 1 aliphatic carbocycles. The zero-order valence-electron chi connectivity index (χ0n) is 11.0. The Balaban J connectivity index is 2.15. The second-order valence-corrected chi connectivity index (χ2v) is 5.13. The Hall–Kier alpha value is -1.06. The van der Waals surface area contributed by atoms with Crippen molar-refractivity contribution in [1.82, 2.24) is 0 Å². The largest absolute Gasteiger partial charge is 0.497 e. The highest BCUT2D eigenvalue weighted by Gasteiger charge is 2.30. The summed E-state index contributed by atoms with van der Waals surface area (Å²) in [6.45, 7) is 0.591. The van der Waals surface area contributed by atoms with E-state index in [1.54, 1.807) is 7.11 Å². The van der Waals surface area contributed by atoms with Crippen LogP contribution in [-0.4, -0.2) is 24.9 Å². The van der Waals surface area contributed by atoms with E-state index in [9.17, 15) is 5.11 Å². The van der Waals surface area contributed by atoms with E-state index in [1.807, 2.05) is 12.1 Å². The fourth-order valence-corrected chi connectivity index (χ4v) is 3.02. The summed E-state index contributed by atoms with van der Waals surface area (Å²) in [6.07, 6.45) is 4.13. The van der Waals surface area contributed by atoms with Crippen LogP contribution in [0.1, 0.15) is 37.2 Å². The van der Waals surface area contributed by atoms with Crippen LogP contribution in [0.3, 0.4) is 0 Å². The molecule has 1 saturated carbocycles. The van der Waals surface area contributed by atoms with E-state index in [0.29, 0.717) is 12.5 Å². The highest BCUT2D eigenvalue weighted by atomic mass is 16.5. The number of benzene rings is 1. The van der Waals surface area contributed by atoms with E-state index in [1.165, 1.54) is 12.0 Å². The number of nitrogens with two attached hydrogens (primary N) is 1. The molecule has 0 radical (unpaired) electrons. The third-order valence-electron chi connectivity index (χ3n) is 4.10. The van der Waals surface area contributed by atoms with Gasteiger partial charge in [0.1, 0.15) is 5.75 Å². The molecule has 0 aromatic heterocycles. The molecule has 1 aromatic carbocycles. The van der Waals surface area contributed by atoms with E-state index >= 15 is 0 Å². The van der Waals surface area contributed by atoms with Crippen molar-refractivity contribution in [1.29, 1.82) is 0 Å². The molecule has 100 valence electrons. The average molecular weight is 249 g/mol. The van der Waals surface area contributed by atoms with Crippen molar-refractivity contribution in [3.05, 3.63) is 29.8 Å². The van der Waals surface area contributed by atoms with E-state index in [2.05, 4.69) is 12.1 Å². The van der Waals surface area contributed by atoms with Gasteiger partial charge in [-0.15, -0.1) is 0 Å². The van der Waals surface area contributed by atoms with Crippen molar-refractivity contribution in [3.63, 3.8) is 0 Å². The minimum Gasteiger partial charge on any atom is -0.497 e. The van der Waals surface area contributed by atoms with Crippen LogP contribution in [-0.2, 0) is 0 Å². The molecule has 0 spiro atoms. The Morgan fingerprint density at radius 1 is 1.28 bits per heavy atom. The van der Waals surface area contributed by atoms with Crippen LogP contribution < -0.4 is 10.5 Å². The molecule has 3 heteroatoms. The Morgan fingerprint density at radius 3 is 2.50 bits per heavy atom. The highest BCUT2D eigenvalue weighted by molar-refractivity contribution is 5.30. The maximum atomic E-state index is 10.2. The fourth-order valence-electron chi connectivity index (χ4n) is 3.02. The maximum Gasteiger partial charge on any atom is 0.118 e. The first kappa shape index (κ1) is 13.4. The highest BCUT2D eigenvalue weighted by Crippen LogP contribution is 2.36. The minimum atomic E-state index is -0.200. The van der Waals surface area contributed by atoms with Crippen molar-refractivity contribution in [2.75, 3.05) is 13.7 Å². The van der Waals surface area contributed by atoms with Crippen molar-refractivity contribution >= 4 is 0 Å². The predicted octanol–water partition coefficient (Wildman–Crippen LogP) is 2.29. The smallest absolute Gasteiger partial charge is 0.118 e. The lowest BCUT2D eigenvalue weighted by molar-refractivity contribution is 0.0561. The topological polar surface area (TPSA) is 55.5 Å². The third-order valence-corrected chi connectivity index (χ3v) is 4.10. The van der Waals surface area contributed by atoms with Crippen molar-refractivity contribution in [2.45, 2.75) is 37.7 Å². The second-order valence-electron chi connectivity index (χ2n) is 5.13. The summed E-state index contributed by atoms with van der Waals surface area (Å²) in [6, 6.07) is 8.07. The van der Waals surface area contributed by atoms with Gasteiger partial charge in [0, 0.05) is 5.92 Å². The molecular formula is C15H23NO2. The molecule has 1 fully saturated rings. The van der Waals surface area contributed by atoms with Crippen LogP contribution in [0.2, 0.25) is 0 Å². The molecule has 0 aliphatic heterocycles. The van der Waals surface area contributed by atoms with Gasteiger partial charge in [-0.05, 0) is 43.0 Å². The Morgan fingerprint density at radius 2 is 1.94 bits per heavy atom. The molecule has 1 aliphatic rings. The van der Waals surface area contributed by atoms with E-state index in [4.69, 9.17) is 10.5 Å². The molecule has 0 amide bonds. The number of hydrogen-bond acceptors (Lipinski definition) is 3. The summed E-state index contributed by atoms with van der Waals surface area (Å²) in [7, 11) is 1.67. The molecule has 0 heterocycles. The van der Waals surface area contributed by atoms with Gasteiger partial charge in [-0.1, -0.05) is 25.0 Å². The second kappa shape index (κ2) is 6.21. The van der Waals surface area contributed by atoms with Gasteiger partial charge < -0.3 is 15.6 Å². The summed E-state index contributed by atoms with van der Waals surface area (Å²) in [4.78, 5) is 0. The fraction of sp³-hybridized carbons (Fsp3) is 0.600. The summed E-state index contributed by atoms with van der Waals surface area (Å²) >= 11 is 0. The first-order valence-corrected chi connectivity index (χ1v) is 6.78. The lowest BCUT2D eigenvalue weighted by Crippen LogP contribution is -2.33. The minimum absolute atomic E-state index is 0.200. The van der Waals surface area contributed by atoms with Gasteiger partial charge in [-0.3, -0.25) is 0 Å². The number of ether oxygens (including phenoxy) is 1. The van der Waals surface area contributed by atoms with E-state index in [0.717, 1.165) is 25.0 Å². The molecule has 1 unspecified atom stereocenters. The zero-order valence-corrected chi connectivity index (χ0v) is 11.0. The van der Waals surface area contributed by atoms with Crippen molar-refractivity contribution in [2.24, 2.45) is 11.7 Å². The van der Waals surface area contributed by atoms with Crippen molar-refractivity contribution in [3.8, 4) is 5.75 Å². The maximum absolute atomic E-state index is 10.2. The van der Waals surface area contributed by atoms with Gasteiger partial charge in [-0.25, -0.2) is 0 Å². The number of rotatable bonds is 4. The summed E-state index contributed by atoms with van der Waals surface area (Å²) in [5.74, 6) is 1.42. The Labute approximate surface area is 109 Å². The first-order chi connectivity index (χ1) is 8.76. The first-order valence-electron chi connectivity index (χ1n) is 6.78. The average Bonchev–Trinajstić information content (AvgIpc) is 2.42. The van der Waals surface area contributed by atoms with Gasteiger partial charge in [0.05, 0.1) is 13.2 Å². The molecule has 2 rings (SSSR count). The van der Waals surface area contributed by atoms with E-state index < -0.39 is 0 Å². The third kappa shape index (κ3) is 2.85. The number of methoxy groups -OCH3 is 1. The Bertz CT molecular complexity index is 363. The van der Waals surface area contributed by atoms with Gasteiger partial charge in [0.2, 0.25) is 0 Å². The normalized spacial score (nSPS) is 25.7. The van der Waals surface area contributed by atoms with Crippen LogP contribution >= 0.6 is 0 Å². The quantitative estimate of drug-likeness (QED) is 0.860. The van der Waals surface area contributed by atoms with Gasteiger partial charge in [0.25, 0.3) is 0 Å². The molecule has 3 N–H and O–H groups in total. The van der Waals surface area contributed by atoms with Gasteiger partial charge >= 0.3 is 0 Å². The standard InChI is InChI=1S/C15H23NO2/c1-18-12-8-6-11(7-9-12)14(10-16)13-4-2-3-5-15(13)17/h6-9,13-15,17H,2-5,10,16H2,1H3/t13-,14?,15-/m0/s1. The summed E-state index contributed by atoms with van der Waals surface area (Å²) in [5.41, 5.74) is 7.14. The molecule has 3 atom stereocenters. The summed E-state index contributed by atoms with van der Waals surface area (Å²) in [5, 5.41) is 10.2. The number of hydrogen-bond donors (Lipinski definition) is 2. The van der Waals surface area contributed by atoms with Crippen LogP contribution in [0.5, 0.6) is 5.75 Å². The molecule has 1 aromatic rings. The predicted molar refractivity (Wildman–Crippen MR) is 72.8 cm³/mol. The summed E-state index contributed by atoms with van der Waals surface area (Å²) < 4.78 is 5.17. The Kier molecular flexibility index (Phi) is 4.61. The molecule has 18 heavy (non-hydrogen) atoms. The number of aliphatic hydroxyl groups excluding tert-OH is 1. The molecule has 0 saturated heterocycles. The van der Waals surface area contributed by atoms with Gasteiger partial charge in [0.15, 0.2) is 0 Å². The lowest BCUT2D eigenvalue weighted by Gasteiger charge is -2.34. The number of aliphatic hydroxyl groups is 1. The zero-order chi connectivity index (χ0) is 13.0. The molecule has 0 bridgehead atoms. The van der Waals surface area contributed by atoms with Crippen molar-refractivity contribution < 1.29 is 9.84 Å². The van der Waals surface area contributed by atoms with Crippen LogP contribution in [0.25, 0.3) is 0 Å². The lowest BCUT2D eigenvalue weighted by atomic mass is 9.75. The molecule has 3 nitrogen and oxygen atoms in total. The van der Waals surface area contributed by atoms with Gasteiger partial charge in [-0.2, -0.15) is 0 Å². The SMILES string of the molecule is COc1ccc(C(CN)[C@@H]2CCCC[C@@H]2O)cc1. The molecular weight excluding hydrogens is 226 g/mol. The van der Waals surface area contributed by atoms with Crippen LogP contribution in [0.15, 0.2) is 24.3 Å². The van der Waals surface area contributed by atoms with E-state index in [-0.39, 0.29) is 12.0 Å². The van der Waals surface area contributed by atoms with Crippen LogP contribution in [0.4, 0.5) is 0 Å². The van der Waals surface area contributed by atoms with Crippen LogP contribution in [0, 0.1) is 5.92 Å².